The maximum atomic E-state index is 11.7. The van der Waals surface area contributed by atoms with Gasteiger partial charge in [0.15, 0.2) is 5.82 Å². The number of hydrogen-bond acceptors (Lipinski definition) is 10. The highest BCUT2D eigenvalue weighted by molar-refractivity contribution is 5.89. The van der Waals surface area contributed by atoms with Gasteiger partial charge in [-0.2, -0.15) is 10.1 Å². The molecule has 0 fully saturated rings. The SMILES string of the molecule is CCC[C@@H](CCO)Nc1nc(NC(=O)OC)nc2cnn(Cc3nc(CO)ccc3OC)c12. The second-order valence-corrected chi connectivity index (χ2v) is 7.30. The fourth-order valence-corrected chi connectivity index (χ4v) is 3.47. The largest absolute Gasteiger partial charge is 0.495 e. The van der Waals surface area contributed by atoms with Gasteiger partial charge in [0.05, 0.1) is 39.3 Å². The molecule has 0 radical (unpaired) electrons. The summed E-state index contributed by atoms with van der Waals surface area (Å²) in [5.74, 6) is 1.07. The number of hydrogen-bond donors (Lipinski definition) is 4. The molecule has 1 atom stereocenters. The van der Waals surface area contributed by atoms with Gasteiger partial charge in [0.1, 0.15) is 22.5 Å². The smallest absolute Gasteiger partial charge is 0.413 e. The van der Waals surface area contributed by atoms with Crippen LogP contribution >= 0.6 is 0 Å². The molecule has 4 N–H and O–H groups in total. The molecule has 0 aliphatic carbocycles. The average molecular weight is 460 g/mol. The Bertz CT molecular complexity index is 1080. The molecular formula is C21H29N7O5. The van der Waals surface area contributed by atoms with Crippen LogP contribution in [0.15, 0.2) is 18.3 Å². The number of carbonyl (C=O) groups is 1. The van der Waals surface area contributed by atoms with Crippen molar-refractivity contribution in [2.75, 3.05) is 31.5 Å². The molecule has 0 unspecified atom stereocenters. The lowest BCUT2D eigenvalue weighted by molar-refractivity contribution is 0.186. The molecule has 12 heteroatoms. The van der Waals surface area contributed by atoms with Gasteiger partial charge < -0.3 is 25.0 Å². The van der Waals surface area contributed by atoms with Gasteiger partial charge in [-0.25, -0.2) is 14.8 Å². The monoisotopic (exact) mass is 459 g/mol. The van der Waals surface area contributed by atoms with E-state index in [9.17, 15) is 15.0 Å². The predicted octanol–water partition coefficient (Wildman–Crippen LogP) is 1.91. The van der Waals surface area contributed by atoms with Gasteiger partial charge in [-0.05, 0) is 25.0 Å². The fourth-order valence-electron chi connectivity index (χ4n) is 3.47. The average Bonchev–Trinajstić information content (AvgIpc) is 3.22. The summed E-state index contributed by atoms with van der Waals surface area (Å²) in [6.45, 7) is 2.12. The van der Waals surface area contributed by atoms with E-state index >= 15 is 0 Å². The van der Waals surface area contributed by atoms with E-state index in [2.05, 4.69) is 42.3 Å². The minimum Gasteiger partial charge on any atom is -0.495 e. The first kappa shape index (κ1) is 24.1. The van der Waals surface area contributed by atoms with Crippen molar-refractivity contribution in [3.8, 4) is 5.75 Å². The Kier molecular flexibility index (Phi) is 8.33. The van der Waals surface area contributed by atoms with Crippen LogP contribution in [0.5, 0.6) is 5.75 Å². The number of carbonyl (C=O) groups excluding carboxylic acids is 1. The van der Waals surface area contributed by atoms with Crippen molar-refractivity contribution in [2.24, 2.45) is 0 Å². The molecule has 3 aromatic heterocycles. The molecule has 0 aliphatic rings. The number of fused-ring (bicyclic) bond motifs is 1. The minimum absolute atomic E-state index is 0.0213. The number of nitrogens with zero attached hydrogens (tertiary/aromatic N) is 5. The summed E-state index contributed by atoms with van der Waals surface area (Å²) in [5.41, 5.74) is 2.18. The Balaban J connectivity index is 2.07. The minimum atomic E-state index is -0.692. The lowest BCUT2D eigenvalue weighted by Crippen LogP contribution is -2.23. The number of rotatable bonds is 11. The van der Waals surface area contributed by atoms with Crippen LogP contribution in [0.3, 0.4) is 0 Å². The molecule has 0 bridgehead atoms. The van der Waals surface area contributed by atoms with Crippen molar-refractivity contribution < 1.29 is 24.5 Å². The van der Waals surface area contributed by atoms with Crippen LogP contribution in [0.4, 0.5) is 16.6 Å². The lowest BCUT2D eigenvalue weighted by Gasteiger charge is -2.19. The number of aliphatic hydroxyl groups is 2. The van der Waals surface area contributed by atoms with Gasteiger partial charge in [0.25, 0.3) is 0 Å². The first-order chi connectivity index (χ1) is 16.0. The zero-order valence-electron chi connectivity index (χ0n) is 18.9. The zero-order valence-corrected chi connectivity index (χ0v) is 18.9. The van der Waals surface area contributed by atoms with Gasteiger partial charge >= 0.3 is 6.09 Å². The van der Waals surface area contributed by atoms with E-state index in [4.69, 9.17) is 4.74 Å². The molecule has 0 saturated heterocycles. The number of methoxy groups -OCH3 is 2. The topological polar surface area (TPSA) is 157 Å². The van der Waals surface area contributed by atoms with Crippen LogP contribution in [0, 0.1) is 0 Å². The second-order valence-electron chi connectivity index (χ2n) is 7.30. The standard InChI is InChI=1S/C21H29N7O5/c1-4-5-13(8-9-29)24-19-18-15(25-20(26-19)27-21(31)33-3)10-22-28(18)11-16-17(32-2)7-6-14(12-30)23-16/h6-7,10,13,29-30H,4-5,8-9,11-12H2,1-3H3,(H2,24,25,26,27,31)/t13-/m0/s1. The number of ether oxygens (including phenoxy) is 2. The molecule has 3 heterocycles. The van der Waals surface area contributed by atoms with Crippen LogP contribution in [0.25, 0.3) is 11.0 Å². The van der Waals surface area contributed by atoms with Crippen LogP contribution in [0.2, 0.25) is 0 Å². The van der Waals surface area contributed by atoms with Crippen molar-refractivity contribution in [3.05, 3.63) is 29.7 Å². The van der Waals surface area contributed by atoms with E-state index in [0.717, 1.165) is 12.8 Å². The lowest BCUT2D eigenvalue weighted by atomic mass is 10.1. The molecule has 3 aromatic rings. The maximum Gasteiger partial charge on any atom is 0.413 e. The maximum absolute atomic E-state index is 11.7. The highest BCUT2D eigenvalue weighted by Crippen LogP contribution is 2.26. The molecular weight excluding hydrogens is 430 g/mol. The number of aromatic nitrogens is 5. The zero-order chi connectivity index (χ0) is 23.8. The third kappa shape index (κ3) is 5.84. The first-order valence-electron chi connectivity index (χ1n) is 10.6. The third-order valence-corrected chi connectivity index (χ3v) is 5.01. The summed E-state index contributed by atoms with van der Waals surface area (Å²) in [5, 5.41) is 29.2. The number of nitrogens with one attached hydrogen (secondary N) is 2. The van der Waals surface area contributed by atoms with E-state index in [0.29, 0.717) is 40.4 Å². The van der Waals surface area contributed by atoms with Crippen molar-refractivity contribution in [3.63, 3.8) is 0 Å². The van der Waals surface area contributed by atoms with Crippen LogP contribution in [-0.2, 0) is 17.9 Å². The fraction of sp³-hybridized carbons (Fsp3) is 0.476. The molecule has 1 amide bonds. The number of aliphatic hydroxyl groups excluding tert-OH is 2. The summed E-state index contributed by atoms with van der Waals surface area (Å²) in [7, 11) is 2.80. The van der Waals surface area contributed by atoms with Crippen molar-refractivity contribution in [1.82, 2.24) is 24.7 Å². The van der Waals surface area contributed by atoms with E-state index in [-0.39, 0.29) is 31.7 Å². The summed E-state index contributed by atoms with van der Waals surface area (Å²) in [4.78, 5) is 25.0. The van der Waals surface area contributed by atoms with Gasteiger partial charge in [0, 0.05) is 12.6 Å². The van der Waals surface area contributed by atoms with Gasteiger partial charge in [0.2, 0.25) is 5.95 Å². The Hall–Kier alpha value is -3.51. The van der Waals surface area contributed by atoms with E-state index in [1.165, 1.54) is 7.11 Å². The molecule has 0 saturated carbocycles. The summed E-state index contributed by atoms with van der Waals surface area (Å²) in [6.07, 6.45) is 3.12. The normalized spacial score (nSPS) is 11.9. The predicted molar refractivity (Wildman–Crippen MR) is 121 cm³/mol. The number of anilines is 2. The van der Waals surface area contributed by atoms with Gasteiger partial charge in [-0.1, -0.05) is 13.3 Å². The molecule has 12 nitrogen and oxygen atoms in total. The Morgan fingerprint density at radius 3 is 2.67 bits per heavy atom. The van der Waals surface area contributed by atoms with Crippen LogP contribution in [-0.4, -0.2) is 67.9 Å². The molecule has 0 spiro atoms. The van der Waals surface area contributed by atoms with E-state index < -0.39 is 6.09 Å². The summed E-state index contributed by atoms with van der Waals surface area (Å²) in [6, 6.07) is 3.39. The number of amides is 1. The summed E-state index contributed by atoms with van der Waals surface area (Å²) >= 11 is 0. The van der Waals surface area contributed by atoms with Crippen LogP contribution < -0.4 is 15.4 Å². The van der Waals surface area contributed by atoms with E-state index in [1.54, 1.807) is 30.1 Å². The first-order valence-corrected chi connectivity index (χ1v) is 10.6. The Labute approximate surface area is 191 Å². The molecule has 0 aromatic carbocycles. The Morgan fingerprint density at radius 1 is 1.18 bits per heavy atom. The van der Waals surface area contributed by atoms with Crippen molar-refractivity contribution in [1.29, 1.82) is 0 Å². The van der Waals surface area contributed by atoms with Gasteiger partial charge in [-0.3, -0.25) is 10.00 Å². The Morgan fingerprint density at radius 2 is 2.00 bits per heavy atom. The van der Waals surface area contributed by atoms with Crippen molar-refractivity contribution >= 4 is 28.9 Å². The van der Waals surface area contributed by atoms with Crippen molar-refractivity contribution in [2.45, 2.75) is 45.4 Å². The molecule has 0 aliphatic heterocycles. The number of pyridine rings is 1. The highest BCUT2D eigenvalue weighted by atomic mass is 16.5. The van der Waals surface area contributed by atoms with E-state index in [1.807, 2.05) is 0 Å². The quantitative estimate of drug-likeness (QED) is 0.334. The summed E-state index contributed by atoms with van der Waals surface area (Å²) < 4.78 is 11.7. The molecule has 33 heavy (non-hydrogen) atoms. The van der Waals surface area contributed by atoms with Crippen LogP contribution in [0.1, 0.15) is 37.6 Å². The third-order valence-electron chi connectivity index (χ3n) is 5.01. The second kappa shape index (κ2) is 11.4. The molecule has 178 valence electrons. The molecule has 3 rings (SSSR count). The highest BCUT2D eigenvalue weighted by Gasteiger charge is 2.19. The van der Waals surface area contributed by atoms with Gasteiger partial charge in [-0.15, -0.1) is 0 Å².